The molecule has 0 aliphatic carbocycles. The third-order valence-corrected chi connectivity index (χ3v) is 4.56. The van der Waals surface area contributed by atoms with Gasteiger partial charge in [0.1, 0.15) is 0 Å². The van der Waals surface area contributed by atoms with Gasteiger partial charge in [0, 0.05) is 26.2 Å². The Bertz CT molecular complexity index is 393. The molecule has 0 spiro atoms. The maximum atomic E-state index is 11.9. The van der Waals surface area contributed by atoms with Crippen molar-refractivity contribution in [3.05, 3.63) is 0 Å². The van der Waals surface area contributed by atoms with Crippen LogP contribution in [0, 0.1) is 0 Å². The summed E-state index contributed by atoms with van der Waals surface area (Å²) in [4.78, 5) is 13.4. The van der Waals surface area contributed by atoms with Gasteiger partial charge in [-0.1, -0.05) is 0 Å². The second kappa shape index (κ2) is 8.40. The molecule has 0 aromatic heterocycles. The molecule has 0 aromatic rings. The number of rotatable bonds is 7. The number of unbranched alkanes of at least 4 members (excludes halogenated alkanes) is 1. The molecule has 1 saturated heterocycles. The van der Waals surface area contributed by atoms with Crippen molar-refractivity contribution in [3.63, 3.8) is 0 Å². The van der Waals surface area contributed by atoms with Crippen LogP contribution in [0.3, 0.4) is 0 Å². The fraction of sp³-hybridized carbons (Fsp3) is 0.909. The van der Waals surface area contributed by atoms with Crippen molar-refractivity contribution in [2.75, 3.05) is 45.9 Å². The maximum absolute atomic E-state index is 11.9. The Labute approximate surface area is 120 Å². The van der Waals surface area contributed by atoms with Gasteiger partial charge in [-0.2, -0.15) is 12.7 Å². The van der Waals surface area contributed by atoms with Crippen LogP contribution < -0.4 is 10.5 Å². The van der Waals surface area contributed by atoms with Crippen LogP contribution >= 0.6 is 0 Å². The second-order valence-corrected chi connectivity index (χ2v) is 6.23. The van der Waals surface area contributed by atoms with Gasteiger partial charge in [0.25, 0.3) is 0 Å². The highest BCUT2D eigenvalue weighted by molar-refractivity contribution is 7.87. The van der Waals surface area contributed by atoms with Gasteiger partial charge in [-0.25, -0.2) is 9.52 Å². The summed E-state index contributed by atoms with van der Waals surface area (Å²) >= 11 is 0. The lowest BCUT2D eigenvalue weighted by molar-refractivity contribution is 0.156. The van der Waals surface area contributed by atoms with Gasteiger partial charge in [-0.15, -0.1) is 0 Å². The molecule has 1 amide bonds. The first-order chi connectivity index (χ1) is 9.49. The van der Waals surface area contributed by atoms with E-state index in [1.54, 1.807) is 6.92 Å². The zero-order chi connectivity index (χ0) is 15.0. The van der Waals surface area contributed by atoms with Gasteiger partial charge >= 0.3 is 16.3 Å². The number of nitrogens with zero attached hydrogens (tertiary/aromatic N) is 2. The average molecular weight is 308 g/mol. The first-order valence-corrected chi connectivity index (χ1v) is 8.30. The fourth-order valence-electron chi connectivity index (χ4n) is 2.00. The van der Waals surface area contributed by atoms with Crippen molar-refractivity contribution in [2.24, 2.45) is 5.73 Å². The van der Waals surface area contributed by atoms with E-state index in [2.05, 4.69) is 9.64 Å². The van der Waals surface area contributed by atoms with Crippen LogP contribution in [0.4, 0.5) is 4.79 Å². The summed E-state index contributed by atoms with van der Waals surface area (Å²) < 4.78 is 31.6. The molecule has 0 unspecified atom stereocenters. The molecule has 118 valence electrons. The van der Waals surface area contributed by atoms with E-state index < -0.39 is 16.3 Å². The topological polar surface area (TPSA) is 105 Å². The van der Waals surface area contributed by atoms with Crippen LogP contribution in [0.1, 0.15) is 19.8 Å². The van der Waals surface area contributed by atoms with Crippen molar-refractivity contribution in [1.82, 2.24) is 13.9 Å². The van der Waals surface area contributed by atoms with Gasteiger partial charge in [-0.05, 0) is 32.9 Å². The van der Waals surface area contributed by atoms with E-state index in [1.165, 1.54) is 4.31 Å². The quantitative estimate of drug-likeness (QED) is 0.605. The summed E-state index contributed by atoms with van der Waals surface area (Å²) in [5.41, 5.74) is 5.44. The van der Waals surface area contributed by atoms with Crippen molar-refractivity contribution in [1.29, 1.82) is 0 Å². The second-order valence-electron chi connectivity index (χ2n) is 4.56. The summed E-state index contributed by atoms with van der Waals surface area (Å²) in [6.45, 7) is 5.42. The van der Waals surface area contributed by atoms with Crippen molar-refractivity contribution in [3.8, 4) is 0 Å². The zero-order valence-electron chi connectivity index (χ0n) is 11.9. The molecule has 20 heavy (non-hydrogen) atoms. The van der Waals surface area contributed by atoms with E-state index in [1.807, 2.05) is 4.72 Å². The Kier molecular flexibility index (Phi) is 7.20. The van der Waals surface area contributed by atoms with Crippen LogP contribution in [0.2, 0.25) is 0 Å². The number of ether oxygens (including phenoxy) is 1. The number of nitrogens with two attached hydrogens (primary N) is 1. The van der Waals surface area contributed by atoms with Crippen molar-refractivity contribution < 1.29 is 17.9 Å². The Morgan fingerprint density at radius 3 is 2.45 bits per heavy atom. The van der Waals surface area contributed by atoms with Crippen molar-refractivity contribution >= 4 is 16.3 Å². The molecular weight excluding hydrogens is 284 g/mol. The molecule has 1 heterocycles. The number of hydrogen-bond donors (Lipinski definition) is 2. The van der Waals surface area contributed by atoms with Crippen LogP contribution in [0.25, 0.3) is 0 Å². The molecule has 9 heteroatoms. The third kappa shape index (κ3) is 5.61. The van der Waals surface area contributed by atoms with Gasteiger partial charge in [0.2, 0.25) is 0 Å². The molecule has 0 aromatic carbocycles. The summed E-state index contributed by atoms with van der Waals surface area (Å²) in [6.07, 6.45) is 1.06. The lowest BCUT2D eigenvalue weighted by atomic mass is 10.2. The molecule has 0 bridgehead atoms. The Morgan fingerprint density at radius 1 is 1.25 bits per heavy atom. The number of piperazine rings is 1. The first kappa shape index (κ1) is 17.2. The zero-order valence-corrected chi connectivity index (χ0v) is 12.7. The third-order valence-electron chi connectivity index (χ3n) is 3.09. The highest BCUT2D eigenvalue weighted by atomic mass is 32.2. The van der Waals surface area contributed by atoms with Gasteiger partial charge in [-0.3, -0.25) is 0 Å². The standard InChI is InChI=1S/C11H24N4O4S/c1-2-19-11(16)13-20(17,18)15-9-7-14(8-10-15)6-4-3-5-12/h2-10,12H2,1H3,(H,13,16). The molecule has 3 N–H and O–H groups in total. The average Bonchev–Trinajstić information content (AvgIpc) is 2.39. The molecular formula is C11H24N4O4S. The minimum atomic E-state index is -3.79. The molecule has 8 nitrogen and oxygen atoms in total. The largest absolute Gasteiger partial charge is 0.449 e. The Hall–Kier alpha value is -0.900. The Morgan fingerprint density at radius 2 is 1.90 bits per heavy atom. The summed E-state index contributed by atoms with van der Waals surface area (Å²) in [7, 11) is -3.79. The predicted molar refractivity (Wildman–Crippen MR) is 75.4 cm³/mol. The van der Waals surface area contributed by atoms with Crippen LogP contribution in [0.5, 0.6) is 0 Å². The van der Waals surface area contributed by atoms with E-state index in [0.717, 1.165) is 19.4 Å². The SMILES string of the molecule is CCOC(=O)NS(=O)(=O)N1CCN(CCCCN)CC1. The maximum Gasteiger partial charge on any atom is 0.421 e. The number of amides is 1. The molecule has 0 saturated carbocycles. The number of hydrogen-bond acceptors (Lipinski definition) is 6. The molecule has 1 aliphatic rings. The molecule has 0 radical (unpaired) electrons. The smallest absolute Gasteiger partial charge is 0.421 e. The van der Waals surface area contributed by atoms with Crippen LogP contribution in [-0.2, 0) is 14.9 Å². The lowest BCUT2D eigenvalue weighted by Crippen LogP contribution is -2.53. The Balaban J connectivity index is 2.38. The van der Waals surface area contributed by atoms with E-state index in [0.29, 0.717) is 32.7 Å². The predicted octanol–water partition coefficient (Wildman–Crippen LogP) is -0.666. The minimum Gasteiger partial charge on any atom is -0.449 e. The van der Waals surface area contributed by atoms with E-state index in [9.17, 15) is 13.2 Å². The monoisotopic (exact) mass is 308 g/mol. The van der Waals surface area contributed by atoms with E-state index >= 15 is 0 Å². The highest BCUT2D eigenvalue weighted by Crippen LogP contribution is 2.07. The number of nitrogens with one attached hydrogen (secondary N) is 1. The summed E-state index contributed by atoms with van der Waals surface area (Å²) in [6, 6.07) is 0. The fourth-order valence-corrected chi connectivity index (χ4v) is 3.05. The van der Waals surface area contributed by atoms with Gasteiger partial charge in [0.05, 0.1) is 6.61 Å². The lowest BCUT2D eigenvalue weighted by Gasteiger charge is -2.33. The molecule has 1 fully saturated rings. The van der Waals surface area contributed by atoms with Gasteiger partial charge in [0.15, 0.2) is 0 Å². The number of carbonyl (C=O) groups is 1. The van der Waals surface area contributed by atoms with Crippen molar-refractivity contribution in [2.45, 2.75) is 19.8 Å². The summed E-state index contributed by atoms with van der Waals surface area (Å²) in [5, 5.41) is 0. The van der Waals surface area contributed by atoms with Gasteiger partial charge < -0.3 is 15.4 Å². The molecule has 1 aliphatic heterocycles. The number of carbonyl (C=O) groups excluding carboxylic acids is 1. The minimum absolute atomic E-state index is 0.135. The van der Waals surface area contributed by atoms with Crippen LogP contribution in [-0.4, -0.2) is 69.6 Å². The highest BCUT2D eigenvalue weighted by Gasteiger charge is 2.28. The normalized spacial score (nSPS) is 17.9. The van der Waals surface area contributed by atoms with E-state index in [-0.39, 0.29) is 6.61 Å². The molecule has 0 atom stereocenters. The van der Waals surface area contributed by atoms with Crippen LogP contribution in [0.15, 0.2) is 0 Å². The van der Waals surface area contributed by atoms with E-state index in [4.69, 9.17) is 5.73 Å². The molecule has 1 rings (SSSR count). The first-order valence-electron chi connectivity index (χ1n) is 6.86. The summed E-state index contributed by atoms with van der Waals surface area (Å²) in [5.74, 6) is 0.